The maximum Gasteiger partial charge on any atom is 0.460 e. The van der Waals surface area contributed by atoms with Crippen LogP contribution in [0.4, 0.5) is 35.5 Å². The van der Waals surface area contributed by atoms with E-state index in [1.54, 1.807) is 0 Å². The Morgan fingerprint density at radius 3 is 1.84 bits per heavy atom. The van der Waals surface area contributed by atoms with Gasteiger partial charge in [0.25, 0.3) is 0 Å². The topological polar surface area (TPSA) is 84.0 Å². The van der Waals surface area contributed by atoms with Gasteiger partial charge in [0, 0.05) is 14.1 Å². The van der Waals surface area contributed by atoms with E-state index in [0.29, 0.717) is 9.80 Å². The number of esters is 1. The van der Waals surface area contributed by atoms with Crippen LogP contribution in [0.2, 0.25) is 0 Å². The molecule has 7 nitrogen and oxygen atoms in total. The fourth-order valence-electron chi connectivity index (χ4n) is 3.42. The van der Waals surface area contributed by atoms with Crippen molar-refractivity contribution < 1.29 is 54.6 Å². The van der Waals surface area contributed by atoms with Gasteiger partial charge in [-0.05, 0) is 25.7 Å². The summed E-state index contributed by atoms with van der Waals surface area (Å²) in [6, 6.07) is -0.944. The first-order valence-electron chi connectivity index (χ1n) is 9.05. The maximum absolute atomic E-state index is 13.5. The van der Waals surface area contributed by atoms with Crippen molar-refractivity contribution >= 4 is 23.8 Å². The molecule has 1 aliphatic rings. The number of urea groups is 1. The Labute approximate surface area is 178 Å². The largest absolute Gasteiger partial charge is 0.460 e. The highest BCUT2D eigenvalue weighted by atomic mass is 19.4. The molecule has 0 N–H and O–H groups in total. The van der Waals surface area contributed by atoms with Crippen LogP contribution in [0.5, 0.6) is 0 Å². The smallest absolute Gasteiger partial charge is 0.458 e. The van der Waals surface area contributed by atoms with Crippen molar-refractivity contribution in [2.24, 2.45) is 11.3 Å². The van der Waals surface area contributed by atoms with Crippen LogP contribution in [0.15, 0.2) is 12.7 Å². The van der Waals surface area contributed by atoms with Crippen LogP contribution < -0.4 is 0 Å². The zero-order valence-corrected chi connectivity index (χ0v) is 17.4. The van der Waals surface area contributed by atoms with Crippen LogP contribution in [0, 0.1) is 11.3 Å². The molecule has 1 heterocycles. The highest BCUT2D eigenvalue weighted by Crippen LogP contribution is 2.47. The summed E-state index contributed by atoms with van der Waals surface area (Å²) in [5.41, 5.74) is -1.97. The van der Waals surface area contributed by atoms with Gasteiger partial charge < -0.3 is 4.74 Å². The predicted molar refractivity (Wildman–Crippen MR) is 93.5 cm³/mol. The molecule has 182 valence electrons. The molecule has 0 bridgehead atoms. The summed E-state index contributed by atoms with van der Waals surface area (Å²) in [6.45, 7) is 5.61. The summed E-state index contributed by atoms with van der Waals surface area (Å²) in [4.78, 5) is 50.3. The number of nitrogens with zero attached hydrogens (tertiary/aromatic N) is 2. The third-order valence-electron chi connectivity index (χ3n) is 5.25. The first-order chi connectivity index (χ1) is 14.3. The second-order valence-corrected chi connectivity index (χ2v) is 7.47. The molecule has 1 saturated heterocycles. The number of barbiturate groups is 1. The van der Waals surface area contributed by atoms with Gasteiger partial charge in [0.05, 0.1) is 6.10 Å². The number of hydrogen-bond acceptors (Lipinski definition) is 5. The van der Waals surface area contributed by atoms with E-state index in [1.165, 1.54) is 13.0 Å². The van der Waals surface area contributed by atoms with Gasteiger partial charge in [-0.2, -0.15) is 30.7 Å². The molecule has 32 heavy (non-hydrogen) atoms. The second-order valence-electron chi connectivity index (χ2n) is 7.47. The molecule has 2 unspecified atom stereocenters. The Bertz CT molecular complexity index is 788. The van der Waals surface area contributed by atoms with E-state index in [1.807, 2.05) is 0 Å². The Morgan fingerprint density at radius 1 is 1.03 bits per heavy atom. The zero-order valence-electron chi connectivity index (χ0n) is 17.4. The summed E-state index contributed by atoms with van der Waals surface area (Å²) < 4.78 is 93.9. The standard InChI is InChI=1S/C18H21F7N2O5/c1-6-7-15(11(28)26(4)14(31)27(5)12(15)29)9(2)8-10(3)32-13(30)16(19,20)17(21,22)18(23,24)25/h6,9-10H,1,7-8H2,2-5H3. The molecule has 4 amide bonds. The van der Waals surface area contributed by atoms with Gasteiger partial charge in [0.1, 0.15) is 5.41 Å². The number of allylic oxidation sites excluding steroid dienone is 1. The Hall–Kier alpha value is -2.67. The van der Waals surface area contributed by atoms with Gasteiger partial charge in [-0.3, -0.25) is 19.4 Å². The van der Waals surface area contributed by atoms with Gasteiger partial charge in [-0.15, -0.1) is 6.58 Å². The molecule has 0 aromatic carbocycles. The van der Waals surface area contributed by atoms with E-state index in [4.69, 9.17) is 0 Å². The van der Waals surface area contributed by atoms with Crippen molar-refractivity contribution in [3.05, 3.63) is 12.7 Å². The zero-order chi connectivity index (χ0) is 25.4. The number of halogens is 7. The molecular weight excluding hydrogens is 457 g/mol. The molecule has 0 saturated carbocycles. The van der Waals surface area contributed by atoms with Crippen LogP contribution >= 0.6 is 0 Å². The summed E-state index contributed by atoms with van der Waals surface area (Å²) in [5.74, 6) is -19.1. The molecule has 2 atom stereocenters. The highest BCUT2D eigenvalue weighted by molar-refractivity contribution is 6.19. The first-order valence-corrected chi connectivity index (χ1v) is 9.05. The summed E-state index contributed by atoms with van der Waals surface area (Å²) in [7, 11) is 2.17. The van der Waals surface area contributed by atoms with Crippen LogP contribution in [-0.2, 0) is 19.1 Å². The van der Waals surface area contributed by atoms with Gasteiger partial charge >= 0.3 is 30.0 Å². The van der Waals surface area contributed by atoms with Gasteiger partial charge in [-0.25, -0.2) is 9.59 Å². The van der Waals surface area contributed by atoms with E-state index < -0.39 is 65.7 Å². The average Bonchev–Trinajstić information content (AvgIpc) is 2.66. The SMILES string of the molecule is C=CCC1(C(C)CC(C)OC(=O)C(F)(F)C(F)(F)C(F)(F)F)C(=O)N(C)C(=O)N(C)C1=O. The van der Waals surface area contributed by atoms with Crippen molar-refractivity contribution in [3.63, 3.8) is 0 Å². The first kappa shape index (κ1) is 27.4. The average molecular weight is 478 g/mol. The molecule has 1 fully saturated rings. The number of hydrogen-bond donors (Lipinski definition) is 0. The van der Waals surface area contributed by atoms with Crippen LogP contribution in [0.3, 0.4) is 0 Å². The second kappa shape index (κ2) is 8.70. The van der Waals surface area contributed by atoms with Crippen molar-refractivity contribution in [1.82, 2.24) is 9.80 Å². The fourth-order valence-corrected chi connectivity index (χ4v) is 3.42. The minimum absolute atomic E-state index is 0.323. The summed E-state index contributed by atoms with van der Waals surface area (Å²) in [5, 5.41) is 0. The number of rotatable bonds is 8. The third kappa shape index (κ3) is 4.18. The van der Waals surface area contributed by atoms with E-state index in [2.05, 4.69) is 11.3 Å². The van der Waals surface area contributed by atoms with Crippen LogP contribution in [0.1, 0.15) is 26.7 Å². The Kier molecular flexibility index (Phi) is 7.44. The number of imide groups is 2. The van der Waals surface area contributed by atoms with Crippen molar-refractivity contribution in [3.8, 4) is 0 Å². The molecule has 14 heteroatoms. The van der Waals surface area contributed by atoms with Gasteiger partial charge in [-0.1, -0.05) is 13.0 Å². The molecule has 1 aliphatic heterocycles. The summed E-state index contributed by atoms with van der Waals surface area (Å²) in [6.07, 6.45) is -8.14. The number of carbonyl (C=O) groups is 4. The normalized spacial score (nSPS) is 19.7. The van der Waals surface area contributed by atoms with Crippen LogP contribution in [0.25, 0.3) is 0 Å². The minimum Gasteiger partial charge on any atom is -0.458 e. The molecule has 1 rings (SSSR count). The number of ether oxygens (including phenoxy) is 1. The number of carbonyl (C=O) groups excluding carboxylic acids is 4. The van der Waals surface area contributed by atoms with Crippen LogP contribution in [-0.4, -0.2) is 71.8 Å². The number of amides is 4. The van der Waals surface area contributed by atoms with Crippen molar-refractivity contribution in [2.45, 2.75) is 50.8 Å². The van der Waals surface area contributed by atoms with E-state index in [-0.39, 0.29) is 6.42 Å². The monoisotopic (exact) mass is 478 g/mol. The molecule has 0 aromatic heterocycles. The lowest BCUT2D eigenvalue weighted by Crippen LogP contribution is -2.65. The maximum atomic E-state index is 13.5. The molecule has 0 aliphatic carbocycles. The van der Waals surface area contributed by atoms with E-state index in [9.17, 15) is 49.9 Å². The lowest BCUT2D eigenvalue weighted by Gasteiger charge is -2.44. The minimum atomic E-state index is -6.72. The van der Waals surface area contributed by atoms with E-state index in [0.717, 1.165) is 21.0 Å². The molecule has 0 aromatic rings. The molecule has 0 radical (unpaired) electrons. The molecule has 0 spiro atoms. The quantitative estimate of drug-likeness (QED) is 0.231. The number of alkyl halides is 7. The van der Waals surface area contributed by atoms with Gasteiger partial charge in [0.15, 0.2) is 0 Å². The lowest BCUT2D eigenvalue weighted by atomic mass is 9.68. The Balaban J connectivity index is 3.16. The van der Waals surface area contributed by atoms with Crippen molar-refractivity contribution in [2.75, 3.05) is 14.1 Å². The van der Waals surface area contributed by atoms with Gasteiger partial charge in [0.2, 0.25) is 11.8 Å². The predicted octanol–water partition coefficient (Wildman–Crippen LogP) is 3.39. The fraction of sp³-hybridized carbons (Fsp3) is 0.667. The highest BCUT2D eigenvalue weighted by Gasteiger charge is 2.77. The lowest BCUT2D eigenvalue weighted by molar-refractivity contribution is -0.349. The third-order valence-corrected chi connectivity index (χ3v) is 5.25. The Morgan fingerprint density at radius 2 is 1.47 bits per heavy atom. The summed E-state index contributed by atoms with van der Waals surface area (Å²) >= 11 is 0. The molecular formula is C18H21F7N2O5. The van der Waals surface area contributed by atoms with Crippen molar-refractivity contribution in [1.29, 1.82) is 0 Å². The van der Waals surface area contributed by atoms with E-state index >= 15 is 0 Å².